The highest BCUT2D eigenvalue weighted by atomic mass is 16.3. The summed E-state index contributed by atoms with van der Waals surface area (Å²) in [4.78, 5) is 2.24. The number of benzene rings is 9. The summed E-state index contributed by atoms with van der Waals surface area (Å²) in [6.07, 6.45) is 0. The van der Waals surface area contributed by atoms with Crippen molar-refractivity contribution in [3.8, 4) is 11.4 Å². The maximum atomic E-state index is 13.8. The lowest BCUT2D eigenvalue weighted by Gasteiger charge is -2.36. The van der Waals surface area contributed by atoms with Gasteiger partial charge in [0, 0.05) is 49.9 Å². The minimum atomic E-state index is -1.56. The molecule has 11 rings (SSSR count). The summed E-state index contributed by atoms with van der Waals surface area (Å²) in [5.74, 6) is 0. The second-order valence-corrected chi connectivity index (χ2v) is 15.1. The van der Waals surface area contributed by atoms with Gasteiger partial charge < -0.3 is 19.1 Å². The highest BCUT2D eigenvalue weighted by Gasteiger charge is 2.37. The van der Waals surface area contributed by atoms with E-state index in [-0.39, 0.29) is 0 Å². The van der Waals surface area contributed by atoms with Gasteiger partial charge in [0.05, 0.1) is 27.8 Å². The molecule has 4 nitrogen and oxygen atoms in total. The van der Waals surface area contributed by atoms with Gasteiger partial charge >= 0.3 is 0 Å². The van der Waals surface area contributed by atoms with Gasteiger partial charge in [-0.1, -0.05) is 152 Å². The zero-order valence-corrected chi connectivity index (χ0v) is 32.2. The lowest BCUT2D eigenvalue weighted by molar-refractivity contribution is 0.126. The van der Waals surface area contributed by atoms with E-state index in [0.717, 1.165) is 67.2 Å². The molecule has 0 saturated heterocycles. The first-order valence-electron chi connectivity index (χ1n) is 20.1. The molecule has 0 amide bonds. The fourth-order valence-electron chi connectivity index (χ4n) is 9.14. The van der Waals surface area contributed by atoms with E-state index in [1.165, 1.54) is 21.5 Å². The van der Waals surface area contributed by atoms with E-state index in [0.29, 0.717) is 0 Å². The lowest BCUT2D eigenvalue weighted by Crippen LogP contribution is -2.31. The Hall–Kier alpha value is -7.66. The van der Waals surface area contributed by atoms with Crippen LogP contribution in [0.5, 0.6) is 0 Å². The average molecular weight is 758 g/mol. The number of hydrogen-bond acceptors (Lipinski definition) is 2. The van der Waals surface area contributed by atoms with Gasteiger partial charge in [0.2, 0.25) is 0 Å². The number of hydrogen-bond donors (Lipinski definition) is 1. The van der Waals surface area contributed by atoms with Crippen LogP contribution in [0.15, 0.2) is 231 Å². The summed E-state index contributed by atoms with van der Waals surface area (Å²) in [6, 6.07) is 80.1. The fraction of sp³-hybridized carbons (Fsp3) is 0.0182. The molecule has 0 saturated carbocycles. The van der Waals surface area contributed by atoms with Crippen LogP contribution in [-0.4, -0.2) is 14.2 Å². The molecule has 1 N–H and O–H groups in total. The number of aliphatic hydroxyl groups is 1. The summed E-state index contributed by atoms with van der Waals surface area (Å²) < 4.78 is 4.63. The quantitative estimate of drug-likeness (QED) is 0.157. The zero-order valence-electron chi connectivity index (χ0n) is 32.2. The van der Waals surface area contributed by atoms with Crippen molar-refractivity contribution in [2.45, 2.75) is 5.60 Å². The highest BCUT2D eigenvalue weighted by molar-refractivity contribution is 6.10. The highest BCUT2D eigenvalue weighted by Crippen LogP contribution is 2.46. The lowest BCUT2D eigenvalue weighted by atomic mass is 9.79. The van der Waals surface area contributed by atoms with E-state index >= 15 is 0 Å². The third-order valence-electron chi connectivity index (χ3n) is 11.8. The fourth-order valence-corrected chi connectivity index (χ4v) is 9.14. The van der Waals surface area contributed by atoms with Gasteiger partial charge in [-0.2, -0.15) is 0 Å². The van der Waals surface area contributed by atoms with Gasteiger partial charge in [-0.05, 0) is 90.0 Å². The van der Waals surface area contributed by atoms with Crippen molar-refractivity contribution in [3.63, 3.8) is 0 Å². The molecule has 0 spiro atoms. The Kier molecular flexibility index (Phi) is 8.24. The summed E-state index contributed by atoms with van der Waals surface area (Å²) in [5.41, 5.74) is 10.2. The molecule has 0 atom stereocenters. The number of fused-ring (bicyclic) bond motifs is 6. The molecule has 0 aliphatic heterocycles. The molecular formula is C55H39N3O. The van der Waals surface area contributed by atoms with Crippen LogP contribution in [0.4, 0.5) is 17.1 Å². The Morgan fingerprint density at radius 3 is 1.03 bits per heavy atom. The topological polar surface area (TPSA) is 33.3 Å². The molecule has 0 aliphatic carbocycles. The smallest absolute Gasteiger partial charge is 0.142 e. The third-order valence-corrected chi connectivity index (χ3v) is 11.8. The standard InChI is InChI=1S/C55H39N3O/c59-55(49-25-11-16-30-54(49)56(41-17-3-1-4-18-41)42-19-5-2-6-20-42,39-31-35-43(36-32-39)57-50-26-12-7-21-45(50)46-22-8-13-27-51(46)57)40-33-37-44(38-34-40)58-52-28-14-9-23-47(52)48-24-10-15-29-53(48)58/h1-38,59H. The molecule has 9 aromatic carbocycles. The van der Waals surface area contributed by atoms with Crippen LogP contribution in [-0.2, 0) is 5.60 Å². The Bertz CT molecular complexity index is 2970. The van der Waals surface area contributed by atoms with Crippen LogP contribution in [0.3, 0.4) is 0 Å². The number of aromatic nitrogens is 2. The molecule has 11 aromatic rings. The van der Waals surface area contributed by atoms with Crippen LogP contribution >= 0.6 is 0 Å². The molecule has 0 aliphatic rings. The van der Waals surface area contributed by atoms with E-state index in [1.54, 1.807) is 0 Å². The zero-order chi connectivity index (χ0) is 39.3. The number of para-hydroxylation sites is 7. The van der Waals surface area contributed by atoms with Crippen molar-refractivity contribution in [2.24, 2.45) is 0 Å². The first kappa shape index (κ1) is 34.6. The molecule has 59 heavy (non-hydrogen) atoms. The molecule has 0 bridgehead atoms. The first-order chi connectivity index (χ1) is 29.2. The molecular weight excluding hydrogens is 719 g/mol. The Morgan fingerprint density at radius 2 is 0.644 bits per heavy atom. The Labute approximate surface area is 342 Å². The maximum Gasteiger partial charge on any atom is 0.142 e. The molecule has 280 valence electrons. The number of anilines is 3. The molecule has 0 radical (unpaired) electrons. The summed E-state index contributed by atoms with van der Waals surface area (Å²) in [7, 11) is 0. The van der Waals surface area contributed by atoms with Crippen LogP contribution in [0.2, 0.25) is 0 Å². The van der Waals surface area contributed by atoms with Gasteiger partial charge in [0.15, 0.2) is 0 Å². The van der Waals surface area contributed by atoms with Crippen molar-refractivity contribution in [2.75, 3.05) is 4.90 Å². The van der Waals surface area contributed by atoms with Crippen molar-refractivity contribution in [3.05, 3.63) is 247 Å². The molecule has 4 heteroatoms. The number of nitrogens with zero attached hydrogens (tertiary/aromatic N) is 3. The summed E-state index contributed by atoms with van der Waals surface area (Å²) in [6.45, 7) is 0. The van der Waals surface area contributed by atoms with Gasteiger partial charge in [0.1, 0.15) is 5.60 Å². The minimum absolute atomic E-state index is 0.764. The van der Waals surface area contributed by atoms with Crippen molar-refractivity contribution < 1.29 is 5.11 Å². The van der Waals surface area contributed by atoms with Crippen molar-refractivity contribution >= 4 is 60.7 Å². The molecule has 2 aromatic heterocycles. The minimum Gasteiger partial charge on any atom is -0.376 e. The molecule has 2 heterocycles. The molecule has 0 unspecified atom stereocenters. The van der Waals surface area contributed by atoms with Crippen molar-refractivity contribution in [1.29, 1.82) is 0 Å². The monoisotopic (exact) mass is 757 g/mol. The summed E-state index contributed by atoms with van der Waals surface area (Å²) in [5, 5.41) is 18.7. The van der Waals surface area contributed by atoms with Crippen LogP contribution in [0.25, 0.3) is 55.0 Å². The first-order valence-corrected chi connectivity index (χ1v) is 20.1. The summed E-state index contributed by atoms with van der Waals surface area (Å²) >= 11 is 0. The predicted molar refractivity (Wildman–Crippen MR) is 245 cm³/mol. The van der Waals surface area contributed by atoms with E-state index in [2.05, 4.69) is 226 Å². The van der Waals surface area contributed by atoms with Gasteiger partial charge in [-0.3, -0.25) is 0 Å². The van der Waals surface area contributed by atoms with Gasteiger partial charge in [-0.25, -0.2) is 0 Å². The van der Waals surface area contributed by atoms with Gasteiger partial charge in [-0.15, -0.1) is 0 Å². The van der Waals surface area contributed by atoms with Crippen LogP contribution < -0.4 is 4.90 Å². The van der Waals surface area contributed by atoms with Gasteiger partial charge in [0.25, 0.3) is 0 Å². The predicted octanol–water partition coefficient (Wildman–Crippen LogP) is 13.6. The largest absolute Gasteiger partial charge is 0.376 e. The molecule has 0 fully saturated rings. The maximum absolute atomic E-state index is 13.8. The van der Waals surface area contributed by atoms with Crippen molar-refractivity contribution in [1.82, 2.24) is 9.13 Å². The normalized spacial score (nSPS) is 11.8. The number of rotatable bonds is 8. The second kappa shape index (κ2) is 14.1. The SMILES string of the molecule is OC(c1ccc(-n2c3ccccc3c3ccccc32)cc1)(c1ccc(-n2c3ccccc3c3ccccc32)cc1)c1ccccc1N(c1ccccc1)c1ccccc1. The van der Waals surface area contributed by atoms with Crippen LogP contribution in [0.1, 0.15) is 16.7 Å². The Morgan fingerprint density at radius 1 is 0.322 bits per heavy atom. The second-order valence-electron chi connectivity index (χ2n) is 15.1. The van der Waals surface area contributed by atoms with E-state index < -0.39 is 5.60 Å². The van der Waals surface area contributed by atoms with E-state index in [4.69, 9.17) is 0 Å². The Balaban J connectivity index is 1.12. The average Bonchev–Trinajstić information content (AvgIpc) is 3.83. The van der Waals surface area contributed by atoms with E-state index in [9.17, 15) is 5.11 Å². The van der Waals surface area contributed by atoms with Crippen LogP contribution in [0, 0.1) is 0 Å². The third kappa shape index (κ3) is 5.57. The van der Waals surface area contributed by atoms with E-state index in [1.807, 2.05) is 18.2 Å².